The minimum absolute atomic E-state index is 0.0210. The Morgan fingerprint density at radius 3 is 2.37 bits per heavy atom. The van der Waals surface area contributed by atoms with E-state index >= 15 is 0 Å². The molecule has 0 radical (unpaired) electrons. The highest BCUT2D eigenvalue weighted by Crippen LogP contribution is 2.29. The van der Waals surface area contributed by atoms with E-state index in [0.29, 0.717) is 44.6 Å². The summed E-state index contributed by atoms with van der Waals surface area (Å²) < 4.78 is 5.94. The molecule has 7 heteroatoms. The van der Waals surface area contributed by atoms with E-state index in [1.54, 1.807) is 11.0 Å². The number of allylic oxidation sites excluding steroid dienone is 2. The largest absolute Gasteiger partial charge is 0.463 e. The molecule has 0 saturated heterocycles. The number of carbonyl (C=O) groups excluding carboxylic acids is 3. The molecule has 1 aliphatic carbocycles. The number of carbonyl (C=O) groups is 3. The van der Waals surface area contributed by atoms with Crippen molar-refractivity contribution in [3.63, 3.8) is 0 Å². The quantitative estimate of drug-likeness (QED) is 0.158. The lowest BCUT2D eigenvalue weighted by atomic mass is 9.84. The molecule has 248 valence electrons. The Balaban J connectivity index is 1.42. The van der Waals surface area contributed by atoms with Gasteiger partial charge in [0.05, 0.1) is 30.5 Å². The number of nitrogens with one attached hydrogen (secondary N) is 1. The van der Waals surface area contributed by atoms with Crippen molar-refractivity contribution in [2.75, 3.05) is 13.2 Å². The first kappa shape index (κ1) is 35.1. The number of esters is 1. The van der Waals surface area contributed by atoms with Crippen molar-refractivity contribution >= 4 is 17.8 Å². The number of benzene rings is 2. The van der Waals surface area contributed by atoms with Gasteiger partial charge in [0, 0.05) is 13.0 Å². The van der Waals surface area contributed by atoms with E-state index in [1.807, 2.05) is 60.7 Å². The molecule has 2 aliphatic rings. The molecule has 1 heterocycles. The van der Waals surface area contributed by atoms with Crippen LogP contribution in [0, 0.1) is 17.8 Å². The second kappa shape index (κ2) is 18.4. The van der Waals surface area contributed by atoms with Crippen molar-refractivity contribution in [2.24, 2.45) is 17.8 Å². The second-order valence-corrected chi connectivity index (χ2v) is 13.1. The fourth-order valence-corrected chi connectivity index (χ4v) is 6.99. The number of ether oxygens (including phenoxy) is 1. The van der Waals surface area contributed by atoms with E-state index in [-0.39, 0.29) is 55.4 Å². The van der Waals surface area contributed by atoms with Crippen LogP contribution in [-0.4, -0.2) is 53.1 Å². The Kier molecular flexibility index (Phi) is 14.1. The van der Waals surface area contributed by atoms with Gasteiger partial charge >= 0.3 is 5.97 Å². The van der Waals surface area contributed by atoms with Crippen molar-refractivity contribution < 1.29 is 24.2 Å². The standard InChI is InChI=1S/C39H52N2O5/c1-3-5-19-33(22-29-15-8-6-9-16-29)39(45)46-28-35(23-30-17-10-7-11-18-30)40-38(44)32(14-4-2)25-37(43)41-26-34-21-13-12-20-31(34)24-36(41)27-42/h3-4,6,8-9,12-13,15-16,20-21,30,32-33,35-36,42H,1-2,5,7,10-11,14,17-19,22-28H2,(H,40,44). The van der Waals surface area contributed by atoms with Crippen LogP contribution in [0.15, 0.2) is 79.9 Å². The van der Waals surface area contributed by atoms with Crippen LogP contribution in [0.2, 0.25) is 0 Å². The lowest BCUT2D eigenvalue weighted by Gasteiger charge is -2.37. The molecule has 4 atom stereocenters. The molecule has 7 nitrogen and oxygen atoms in total. The lowest BCUT2D eigenvalue weighted by Crippen LogP contribution is -2.48. The normalized spacial score (nSPS) is 18.5. The zero-order chi connectivity index (χ0) is 32.7. The van der Waals surface area contributed by atoms with Gasteiger partial charge in [-0.25, -0.2) is 0 Å². The number of fused-ring (bicyclic) bond motifs is 1. The van der Waals surface area contributed by atoms with Gasteiger partial charge in [0.1, 0.15) is 6.61 Å². The molecule has 1 aliphatic heterocycles. The van der Waals surface area contributed by atoms with Gasteiger partial charge in [-0.1, -0.05) is 98.9 Å². The van der Waals surface area contributed by atoms with Crippen LogP contribution in [0.1, 0.15) is 80.9 Å². The third-order valence-electron chi connectivity index (χ3n) is 9.62. The van der Waals surface area contributed by atoms with Crippen molar-refractivity contribution in [3.8, 4) is 0 Å². The molecule has 0 bridgehead atoms. The number of hydrogen-bond donors (Lipinski definition) is 2. The minimum Gasteiger partial charge on any atom is -0.463 e. The maximum absolute atomic E-state index is 13.8. The van der Waals surface area contributed by atoms with Gasteiger partial charge in [-0.2, -0.15) is 0 Å². The number of rotatable bonds is 17. The van der Waals surface area contributed by atoms with Gasteiger partial charge < -0.3 is 20.1 Å². The van der Waals surface area contributed by atoms with Crippen LogP contribution < -0.4 is 5.32 Å². The van der Waals surface area contributed by atoms with Crippen molar-refractivity contribution in [2.45, 2.75) is 95.7 Å². The summed E-state index contributed by atoms with van der Waals surface area (Å²) >= 11 is 0. The fraction of sp³-hybridized carbons (Fsp3) is 0.513. The molecule has 46 heavy (non-hydrogen) atoms. The van der Waals surface area contributed by atoms with Gasteiger partial charge in [-0.3, -0.25) is 14.4 Å². The Hall–Kier alpha value is -3.71. The van der Waals surface area contributed by atoms with E-state index in [2.05, 4.69) is 18.5 Å². The van der Waals surface area contributed by atoms with Crippen molar-refractivity contribution in [1.82, 2.24) is 10.2 Å². The number of hydrogen-bond acceptors (Lipinski definition) is 5. The van der Waals surface area contributed by atoms with E-state index in [1.165, 1.54) is 19.3 Å². The van der Waals surface area contributed by atoms with E-state index in [4.69, 9.17) is 4.74 Å². The van der Waals surface area contributed by atoms with Crippen LogP contribution in [0.4, 0.5) is 0 Å². The Bertz CT molecular complexity index is 1290. The van der Waals surface area contributed by atoms with Gasteiger partial charge in [0.15, 0.2) is 0 Å². The number of aliphatic hydroxyl groups is 1. The molecular formula is C39H52N2O5. The number of nitrogens with zero attached hydrogens (tertiary/aromatic N) is 1. The third-order valence-corrected chi connectivity index (χ3v) is 9.62. The Labute approximate surface area is 275 Å². The lowest BCUT2D eigenvalue weighted by molar-refractivity contribution is -0.150. The molecule has 2 aromatic rings. The topological polar surface area (TPSA) is 95.9 Å². The molecule has 2 N–H and O–H groups in total. The van der Waals surface area contributed by atoms with E-state index in [9.17, 15) is 19.5 Å². The number of aliphatic hydroxyl groups excluding tert-OH is 1. The molecular weight excluding hydrogens is 576 g/mol. The van der Waals surface area contributed by atoms with Gasteiger partial charge in [0.25, 0.3) is 0 Å². The zero-order valence-corrected chi connectivity index (χ0v) is 27.3. The summed E-state index contributed by atoms with van der Waals surface area (Å²) in [5.74, 6) is -1.09. The SMILES string of the molecule is C=CCCC(Cc1ccccc1)C(=O)OCC(CC1CCCCC1)NC(=O)C(CC=C)CC(=O)N1Cc2ccccc2CC1CO. The Morgan fingerprint density at radius 1 is 0.957 bits per heavy atom. The monoisotopic (exact) mass is 628 g/mol. The highest BCUT2D eigenvalue weighted by atomic mass is 16.5. The highest BCUT2D eigenvalue weighted by Gasteiger charge is 2.33. The maximum Gasteiger partial charge on any atom is 0.309 e. The zero-order valence-electron chi connectivity index (χ0n) is 27.3. The second-order valence-electron chi connectivity index (χ2n) is 13.1. The minimum atomic E-state index is -0.607. The van der Waals surface area contributed by atoms with Gasteiger partial charge in [0.2, 0.25) is 11.8 Å². The van der Waals surface area contributed by atoms with E-state index < -0.39 is 5.92 Å². The van der Waals surface area contributed by atoms with Gasteiger partial charge in [-0.15, -0.1) is 13.2 Å². The summed E-state index contributed by atoms with van der Waals surface area (Å²) in [5.41, 5.74) is 3.29. The summed E-state index contributed by atoms with van der Waals surface area (Å²) in [6.07, 6.45) is 12.9. The first-order chi connectivity index (χ1) is 22.4. The van der Waals surface area contributed by atoms with E-state index in [0.717, 1.165) is 36.0 Å². The molecule has 1 saturated carbocycles. The first-order valence-corrected chi connectivity index (χ1v) is 17.1. The predicted molar refractivity (Wildman–Crippen MR) is 182 cm³/mol. The average molecular weight is 629 g/mol. The first-order valence-electron chi connectivity index (χ1n) is 17.1. The molecule has 1 fully saturated rings. The summed E-state index contributed by atoms with van der Waals surface area (Å²) in [6.45, 7) is 8.06. The van der Waals surface area contributed by atoms with Gasteiger partial charge in [-0.05, 0) is 61.1 Å². The average Bonchev–Trinajstić information content (AvgIpc) is 3.08. The highest BCUT2D eigenvalue weighted by molar-refractivity contribution is 5.86. The molecule has 2 aromatic carbocycles. The fourth-order valence-electron chi connectivity index (χ4n) is 6.99. The van der Waals surface area contributed by atoms with Crippen LogP contribution >= 0.6 is 0 Å². The summed E-state index contributed by atoms with van der Waals surface area (Å²) in [5, 5.41) is 13.3. The van der Waals surface area contributed by atoms with Crippen LogP contribution in [-0.2, 0) is 38.5 Å². The van der Waals surface area contributed by atoms with Crippen LogP contribution in [0.25, 0.3) is 0 Å². The molecule has 0 aromatic heterocycles. The number of amides is 2. The molecule has 4 unspecified atom stereocenters. The molecule has 4 rings (SSSR count). The molecule has 0 spiro atoms. The van der Waals surface area contributed by atoms with Crippen molar-refractivity contribution in [1.29, 1.82) is 0 Å². The van der Waals surface area contributed by atoms with Crippen LogP contribution in [0.3, 0.4) is 0 Å². The Morgan fingerprint density at radius 2 is 1.67 bits per heavy atom. The summed E-state index contributed by atoms with van der Waals surface area (Å²) in [6, 6.07) is 17.3. The third kappa shape index (κ3) is 10.4. The maximum atomic E-state index is 13.8. The van der Waals surface area contributed by atoms with Crippen molar-refractivity contribution in [3.05, 3.63) is 96.6 Å². The predicted octanol–water partition coefficient (Wildman–Crippen LogP) is 6.34. The summed E-state index contributed by atoms with van der Waals surface area (Å²) in [4.78, 5) is 42.5. The van der Waals surface area contributed by atoms with Crippen LogP contribution in [0.5, 0.6) is 0 Å². The molecule has 2 amide bonds. The smallest absolute Gasteiger partial charge is 0.309 e. The summed E-state index contributed by atoms with van der Waals surface area (Å²) in [7, 11) is 0.